The Labute approximate surface area is 171 Å². The van der Waals surface area contributed by atoms with Crippen LogP contribution in [0.5, 0.6) is 0 Å². The summed E-state index contributed by atoms with van der Waals surface area (Å²) in [6.07, 6.45) is 12.1. The van der Waals surface area contributed by atoms with Gasteiger partial charge in [-0.25, -0.2) is 9.79 Å². The standard InChI is InChI=1S/C23H26N4O2/c1-15-18-11-6-10-17(14-25-19-12-7-13-24-21(19)23(28)29)20(18)26-22(27(15)2)16-8-4-3-5-9-16/h6-8,10-13,21,24-25H,1,3-5,9,14H2,2H3,(H,28,29). The average Bonchev–Trinajstić information content (AvgIpc) is 2.75. The number of amidine groups is 1. The first-order chi connectivity index (χ1) is 14.1. The molecule has 0 radical (unpaired) electrons. The SMILES string of the molecule is C=C1c2cccc(CNC3=CC=CNC3C(=O)O)c2N=C(C2=CCCCC2)N1C. The smallest absolute Gasteiger partial charge is 0.332 e. The molecule has 3 aliphatic rings. The van der Waals surface area contributed by atoms with Crippen LogP contribution in [0.3, 0.4) is 0 Å². The van der Waals surface area contributed by atoms with Gasteiger partial charge in [0.05, 0.1) is 5.69 Å². The number of dihydropyridines is 1. The van der Waals surface area contributed by atoms with Gasteiger partial charge in [-0.3, -0.25) is 0 Å². The Kier molecular flexibility index (Phi) is 5.25. The minimum absolute atomic E-state index is 0.487. The molecule has 6 heteroatoms. The number of rotatable bonds is 5. The third kappa shape index (κ3) is 3.70. The van der Waals surface area contributed by atoms with Crippen molar-refractivity contribution in [2.45, 2.75) is 38.3 Å². The fraction of sp³-hybridized carbons (Fsp3) is 0.304. The van der Waals surface area contributed by atoms with E-state index in [9.17, 15) is 9.90 Å². The molecule has 0 bridgehead atoms. The van der Waals surface area contributed by atoms with Crippen molar-refractivity contribution in [3.05, 3.63) is 71.6 Å². The minimum Gasteiger partial charge on any atom is -0.479 e. The number of hydrogen-bond acceptors (Lipinski definition) is 5. The number of nitrogens with one attached hydrogen (secondary N) is 2. The van der Waals surface area contributed by atoms with Crippen molar-refractivity contribution in [2.24, 2.45) is 4.99 Å². The van der Waals surface area contributed by atoms with Crippen LogP contribution >= 0.6 is 0 Å². The van der Waals surface area contributed by atoms with Crippen LogP contribution in [0.4, 0.5) is 5.69 Å². The second-order valence-corrected chi connectivity index (χ2v) is 7.50. The number of aliphatic carboxylic acids is 1. The Bertz CT molecular complexity index is 971. The van der Waals surface area contributed by atoms with Crippen molar-refractivity contribution in [3.8, 4) is 0 Å². The fourth-order valence-electron chi connectivity index (χ4n) is 3.97. The Morgan fingerprint density at radius 2 is 2.28 bits per heavy atom. The van der Waals surface area contributed by atoms with Gasteiger partial charge in [-0.2, -0.15) is 0 Å². The van der Waals surface area contributed by atoms with E-state index < -0.39 is 12.0 Å². The van der Waals surface area contributed by atoms with Crippen molar-refractivity contribution in [3.63, 3.8) is 0 Å². The highest BCUT2D eigenvalue weighted by Crippen LogP contribution is 2.37. The van der Waals surface area contributed by atoms with Crippen LogP contribution in [-0.2, 0) is 11.3 Å². The van der Waals surface area contributed by atoms with Gasteiger partial charge in [0.1, 0.15) is 5.84 Å². The number of nitrogens with zero attached hydrogens (tertiary/aromatic N) is 2. The zero-order chi connectivity index (χ0) is 20.4. The highest BCUT2D eigenvalue weighted by Gasteiger charge is 2.26. The molecule has 29 heavy (non-hydrogen) atoms. The molecule has 0 spiro atoms. The number of aliphatic imine (C=N–C) groups is 1. The summed E-state index contributed by atoms with van der Waals surface area (Å²) in [5, 5.41) is 15.6. The molecule has 0 fully saturated rings. The molecule has 2 aliphatic heterocycles. The topological polar surface area (TPSA) is 77.0 Å². The first-order valence-corrected chi connectivity index (χ1v) is 9.98. The summed E-state index contributed by atoms with van der Waals surface area (Å²) in [7, 11) is 2.02. The van der Waals surface area contributed by atoms with Crippen LogP contribution in [0.15, 0.2) is 65.5 Å². The molecule has 1 aromatic carbocycles. The normalized spacial score (nSPS) is 20.9. The predicted molar refractivity (Wildman–Crippen MR) is 116 cm³/mol. The van der Waals surface area contributed by atoms with E-state index in [1.165, 1.54) is 18.4 Å². The Hall–Kier alpha value is -3.28. The second-order valence-electron chi connectivity index (χ2n) is 7.50. The van der Waals surface area contributed by atoms with Gasteiger partial charge in [0.2, 0.25) is 0 Å². The van der Waals surface area contributed by atoms with E-state index in [1.54, 1.807) is 18.4 Å². The molecular weight excluding hydrogens is 364 g/mol. The van der Waals surface area contributed by atoms with Crippen LogP contribution in [0.1, 0.15) is 36.8 Å². The van der Waals surface area contributed by atoms with Crippen molar-refractivity contribution >= 4 is 23.2 Å². The number of carbonyl (C=O) groups is 1. The number of likely N-dealkylation sites (N-methyl/N-ethyl adjacent to an activating group) is 1. The first-order valence-electron chi connectivity index (χ1n) is 9.98. The fourth-order valence-corrected chi connectivity index (χ4v) is 3.97. The molecule has 2 heterocycles. The van der Waals surface area contributed by atoms with Crippen molar-refractivity contribution in [1.82, 2.24) is 15.5 Å². The Morgan fingerprint density at radius 1 is 1.41 bits per heavy atom. The van der Waals surface area contributed by atoms with Gasteiger partial charge >= 0.3 is 5.97 Å². The van der Waals surface area contributed by atoms with Gasteiger partial charge < -0.3 is 20.6 Å². The highest BCUT2D eigenvalue weighted by atomic mass is 16.4. The molecule has 4 rings (SSSR count). The average molecular weight is 390 g/mol. The van der Waals surface area contributed by atoms with E-state index in [2.05, 4.69) is 28.2 Å². The van der Waals surface area contributed by atoms with Gasteiger partial charge in [-0.1, -0.05) is 30.9 Å². The van der Waals surface area contributed by atoms with Crippen molar-refractivity contribution in [2.75, 3.05) is 7.05 Å². The maximum absolute atomic E-state index is 11.5. The minimum atomic E-state index is -0.914. The lowest BCUT2D eigenvalue weighted by atomic mass is 9.95. The molecule has 0 saturated carbocycles. The number of carboxylic acid groups (broad SMARTS) is 1. The molecule has 1 unspecified atom stereocenters. The summed E-state index contributed by atoms with van der Waals surface area (Å²) in [5.74, 6) is 0.0577. The maximum Gasteiger partial charge on any atom is 0.332 e. The predicted octanol–water partition coefficient (Wildman–Crippen LogP) is 3.68. The largest absolute Gasteiger partial charge is 0.479 e. The third-order valence-corrected chi connectivity index (χ3v) is 5.62. The number of carboxylic acids is 1. The molecule has 0 saturated heterocycles. The zero-order valence-electron chi connectivity index (χ0n) is 16.6. The van der Waals surface area contributed by atoms with Crippen LogP contribution < -0.4 is 10.6 Å². The van der Waals surface area contributed by atoms with Crippen molar-refractivity contribution < 1.29 is 9.90 Å². The molecule has 1 atom stereocenters. The van der Waals surface area contributed by atoms with E-state index in [4.69, 9.17) is 4.99 Å². The quantitative estimate of drug-likeness (QED) is 0.715. The Balaban J connectivity index is 1.65. The van der Waals surface area contributed by atoms with Gasteiger partial charge in [-0.05, 0) is 55.2 Å². The lowest BCUT2D eigenvalue weighted by Crippen LogP contribution is -2.41. The van der Waals surface area contributed by atoms with Gasteiger partial charge in [0.15, 0.2) is 6.04 Å². The molecule has 1 aromatic rings. The van der Waals surface area contributed by atoms with Crippen LogP contribution in [0.25, 0.3) is 5.70 Å². The van der Waals surface area contributed by atoms with Crippen LogP contribution in [0, 0.1) is 0 Å². The second kappa shape index (κ2) is 7.99. The summed E-state index contributed by atoms with van der Waals surface area (Å²) in [6.45, 7) is 4.78. The van der Waals surface area contributed by atoms with Gasteiger partial charge in [0, 0.05) is 30.5 Å². The van der Waals surface area contributed by atoms with E-state index >= 15 is 0 Å². The van der Waals surface area contributed by atoms with E-state index in [1.807, 2.05) is 25.2 Å². The molecule has 3 N–H and O–H groups in total. The zero-order valence-corrected chi connectivity index (χ0v) is 16.6. The van der Waals surface area contributed by atoms with E-state index in [-0.39, 0.29) is 0 Å². The summed E-state index contributed by atoms with van der Waals surface area (Å²) in [6, 6.07) is 5.30. The molecule has 0 aromatic heterocycles. The van der Waals surface area contributed by atoms with Gasteiger partial charge in [-0.15, -0.1) is 0 Å². The van der Waals surface area contributed by atoms with Crippen LogP contribution in [0.2, 0.25) is 0 Å². The summed E-state index contributed by atoms with van der Waals surface area (Å²) < 4.78 is 0. The lowest BCUT2D eigenvalue weighted by Gasteiger charge is -2.32. The van der Waals surface area contributed by atoms with Gasteiger partial charge in [0.25, 0.3) is 0 Å². The highest BCUT2D eigenvalue weighted by molar-refractivity contribution is 6.07. The third-order valence-electron chi connectivity index (χ3n) is 5.62. The number of allylic oxidation sites excluding steroid dienone is 3. The van der Waals surface area contributed by atoms with Crippen LogP contribution in [-0.4, -0.2) is 34.9 Å². The van der Waals surface area contributed by atoms with E-state index in [0.29, 0.717) is 12.2 Å². The first kappa shape index (κ1) is 19.1. The summed E-state index contributed by atoms with van der Waals surface area (Å²) >= 11 is 0. The van der Waals surface area contributed by atoms with Crippen molar-refractivity contribution in [1.29, 1.82) is 0 Å². The number of para-hydroxylation sites is 1. The summed E-state index contributed by atoms with van der Waals surface area (Å²) in [4.78, 5) is 18.6. The number of benzene rings is 1. The lowest BCUT2D eigenvalue weighted by molar-refractivity contribution is -0.138. The summed E-state index contributed by atoms with van der Waals surface area (Å²) in [5.41, 5.74) is 5.79. The van der Waals surface area contributed by atoms with E-state index in [0.717, 1.165) is 41.2 Å². The molecule has 150 valence electrons. The molecule has 6 nitrogen and oxygen atoms in total. The maximum atomic E-state index is 11.5. The molecule has 0 amide bonds. The number of fused-ring (bicyclic) bond motifs is 1. The Morgan fingerprint density at radius 3 is 3.03 bits per heavy atom. The molecule has 1 aliphatic carbocycles. The monoisotopic (exact) mass is 390 g/mol. The number of hydrogen-bond donors (Lipinski definition) is 3. The molecular formula is C23H26N4O2.